The Kier molecular flexibility index (Phi) is 9.64. The maximum atomic E-state index is 11.0. The molecule has 4 heteroatoms. The Hall–Kier alpha value is -1.58. The van der Waals surface area contributed by atoms with E-state index in [2.05, 4.69) is 20.1 Å². The highest BCUT2D eigenvalue weighted by atomic mass is 16.5. The van der Waals surface area contributed by atoms with Gasteiger partial charge in [-0.15, -0.1) is 0 Å². The summed E-state index contributed by atoms with van der Waals surface area (Å²) >= 11 is 0. The van der Waals surface area contributed by atoms with Crippen LogP contribution in [0.15, 0.2) is 25.3 Å². The van der Waals surface area contributed by atoms with Gasteiger partial charge in [-0.25, -0.2) is 9.59 Å². The molecule has 18 heavy (non-hydrogen) atoms. The summed E-state index contributed by atoms with van der Waals surface area (Å²) in [6.07, 6.45) is 6.06. The summed E-state index contributed by atoms with van der Waals surface area (Å²) < 4.78 is 9.93. The molecule has 0 saturated carbocycles. The molecule has 0 heterocycles. The van der Waals surface area contributed by atoms with Crippen molar-refractivity contribution in [1.29, 1.82) is 0 Å². The second-order valence-corrected chi connectivity index (χ2v) is 4.00. The van der Waals surface area contributed by atoms with Crippen molar-refractivity contribution in [2.24, 2.45) is 5.92 Å². The second kappa shape index (κ2) is 10.6. The van der Waals surface area contributed by atoms with Gasteiger partial charge in [-0.1, -0.05) is 32.9 Å². The van der Waals surface area contributed by atoms with E-state index in [-0.39, 0.29) is 5.92 Å². The highest BCUT2D eigenvalue weighted by Crippen LogP contribution is 2.14. The molecule has 0 aromatic rings. The van der Waals surface area contributed by atoms with Crippen LogP contribution in [0.4, 0.5) is 0 Å². The lowest BCUT2D eigenvalue weighted by atomic mass is 10.00. The van der Waals surface area contributed by atoms with Crippen LogP contribution in [0, 0.1) is 5.92 Å². The van der Waals surface area contributed by atoms with Crippen LogP contribution >= 0.6 is 0 Å². The van der Waals surface area contributed by atoms with Gasteiger partial charge in [-0.2, -0.15) is 0 Å². The fourth-order valence-corrected chi connectivity index (χ4v) is 1.45. The zero-order valence-electron chi connectivity index (χ0n) is 11.0. The van der Waals surface area contributed by atoms with Gasteiger partial charge >= 0.3 is 11.9 Å². The summed E-state index contributed by atoms with van der Waals surface area (Å²) in [7, 11) is 0. The lowest BCUT2D eigenvalue weighted by molar-refractivity contribution is -0.141. The normalized spacial score (nSPS) is 11.4. The molecule has 0 spiro atoms. The molecular weight excluding hydrogens is 232 g/mol. The number of unbranched alkanes of at least 4 members (excludes halogenated alkanes) is 1. The van der Waals surface area contributed by atoms with E-state index < -0.39 is 11.9 Å². The van der Waals surface area contributed by atoms with E-state index in [0.717, 1.165) is 31.4 Å². The smallest absolute Gasteiger partial charge is 0.330 e. The van der Waals surface area contributed by atoms with Crippen LogP contribution in [0.25, 0.3) is 0 Å². The van der Waals surface area contributed by atoms with Crippen molar-refractivity contribution in [3.63, 3.8) is 0 Å². The number of hydrogen-bond donors (Lipinski definition) is 0. The van der Waals surface area contributed by atoms with Gasteiger partial charge in [0.2, 0.25) is 0 Å². The van der Waals surface area contributed by atoms with E-state index in [0.29, 0.717) is 19.6 Å². The van der Waals surface area contributed by atoms with Gasteiger partial charge in [0.15, 0.2) is 0 Å². The third kappa shape index (κ3) is 8.56. The zero-order valence-corrected chi connectivity index (χ0v) is 11.0. The van der Waals surface area contributed by atoms with E-state index in [9.17, 15) is 9.59 Å². The first kappa shape index (κ1) is 16.4. The predicted molar refractivity (Wildman–Crippen MR) is 69.9 cm³/mol. The van der Waals surface area contributed by atoms with E-state index >= 15 is 0 Å². The molecule has 0 fully saturated rings. The number of esters is 2. The average molecular weight is 254 g/mol. The van der Waals surface area contributed by atoms with E-state index in [1.165, 1.54) is 0 Å². The summed E-state index contributed by atoms with van der Waals surface area (Å²) in [4.78, 5) is 21.9. The van der Waals surface area contributed by atoms with Gasteiger partial charge in [-0.05, 0) is 18.8 Å². The molecule has 0 amide bonds. The van der Waals surface area contributed by atoms with E-state index in [1.807, 2.05) is 0 Å². The highest BCUT2D eigenvalue weighted by Gasteiger charge is 2.11. The van der Waals surface area contributed by atoms with Crippen molar-refractivity contribution in [2.45, 2.75) is 32.6 Å². The lowest BCUT2D eigenvalue weighted by Gasteiger charge is -2.15. The third-order valence-corrected chi connectivity index (χ3v) is 2.53. The molecule has 0 aliphatic carbocycles. The second-order valence-electron chi connectivity index (χ2n) is 4.00. The van der Waals surface area contributed by atoms with Crippen molar-refractivity contribution in [1.82, 2.24) is 0 Å². The summed E-state index contributed by atoms with van der Waals surface area (Å²) in [6, 6.07) is 0. The Morgan fingerprint density at radius 2 is 1.72 bits per heavy atom. The Bertz CT molecular complexity index is 284. The molecular formula is C14H22O4. The SMILES string of the molecule is C=CC(=O)OCCC(CCCC)COC(=O)C=C. The van der Waals surface area contributed by atoms with Crippen molar-refractivity contribution in [2.75, 3.05) is 13.2 Å². The Balaban J connectivity index is 3.97. The summed E-state index contributed by atoms with van der Waals surface area (Å²) in [5.74, 6) is -0.627. The zero-order chi connectivity index (χ0) is 13.8. The number of carbonyl (C=O) groups is 2. The maximum Gasteiger partial charge on any atom is 0.330 e. The molecule has 0 aliphatic heterocycles. The summed E-state index contributed by atoms with van der Waals surface area (Å²) in [5, 5.41) is 0. The van der Waals surface area contributed by atoms with Crippen molar-refractivity contribution >= 4 is 11.9 Å². The van der Waals surface area contributed by atoms with Crippen LogP contribution in [0.5, 0.6) is 0 Å². The predicted octanol–water partition coefficient (Wildman–Crippen LogP) is 2.64. The number of ether oxygens (including phenoxy) is 2. The molecule has 1 unspecified atom stereocenters. The minimum atomic E-state index is -0.424. The molecule has 0 N–H and O–H groups in total. The fourth-order valence-electron chi connectivity index (χ4n) is 1.45. The summed E-state index contributed by atoms with van der Waals surface area (Å²) in [5.41, 5.74) is 0. The quantitative estimate of drug-likeness (QED) is 0.444. The Morgan fingerprint density at radius 3 is 2.28 bits per heavy atom. The number of carbonyl (C=O) groups excluding carboxylic acids is 2. The first-order valence-electron chi connectivity index (χ1n) is 6.22. The van der Waals surface area contributed by atoms with Crippen molar-refractivity contribution in [3.8, 4) is 0 Å². The average Bonchev–Trinajstić information content (AvgIpc) is 2.40. The number of rotatable bonds is 10. The standard InChI is InChI=1S/C14H22O4/c1-4-7-8-12(11-18-14(16)6-3)9-10-17-13(15)5-2/h5-6,12H,2-4,7-11H2,1H3. The Labute approximate surface area is 109 Å². The van der Waals surface area contributed by atoms with Gasteiger partial charge in [0.05, 0.1) is 13.2 Å². The Morgan fingerprint density at radius 1 is 1.11 bits per heavy atom. The molecule has 0 rings (SSSR count). The van der Waals surface area contributed by atoms with Crippen LogP contribution in [0.3, 0.4) is 0 Å². The fraction of sp³-hybridized carbons (Fsp3) is 0.571. The highest BCUT2D eigenvalue weighted by molar-refractivity contribution is 5.81. The summed E-state index contributed by atoms with van der Waals surface area (Å²) in [6.45, 7) is 9.44. The minimum absolute atomic E-state index is 0.214. The van der Waals surface area contributed by atoms with Crippen molar-refractivity contribution < 1.29 is 19.1 Å². The van der Waals surface area contributed by atoms with Crippen LogP contribution in [0.1, 0.15) is 32.6 Å². The largest absolute Gasteiger partial charge is 0.463 e. The first-order valence-corrected chi connectivity index (χ1v) is 6.22. The molecule has 1 atom stereocenters. The van der Waals surface area contributed by atoms with E-state index in [1.54, 1.807) is 0 Å². The molecule has 4 nitrogen and oxygen atoms in total. The molecule has 0 saturated heterocycles. The van der Waals surface area contributed by atoms with Crippen LogP contribution < -0.4 is 0 Å². The monoisotopic (exact) mass is 254 g/mol. The molecule has 0 aromatic heterocycles. The van der Waals surface area contributed by atoms with Gasteiger partial charge in [0.25, 0.3) is 0 Å². The van der Waals surface area contributed by atoms with Gasteiger partial charge in [-0.3, -0.25) is 0 Å². The minimum Gasteiger partial charge on any atom is -0.463 e. The topological polar surface area (TPSA) is 52.6 Å². The van der Waals surface area contributed by atoms with Gasteiger partial charge < -0.3 is 9.47 Å². The maximum absolute atomic E-state index is 11.0. The van der Waals surface area contributed by atoms with Gasteiger partial charge in [0.1, 0.15) is 0 Å². The first-order chi connectivity index (χ1) is 8.63. The molecule has 0 bridgehead atoms. The van der Waals surface area contributed by atoms with Crippen LogP contribution in [0.2, 0.25) is 0 Å². The van der Waals surface area contributed by atoms with E-state index in [4.69, 9.17) is 9.47 Å². The van der Waals surface area contributed by atoms with Crippen LogP contribution in [-0.2, 0) is 19.1 Å². The molecule has 102 valence electrons. The van der Waals surface area contributed by atoms with Crippen molar-refractivity contribution in [3.05, 3.63) is 25.3 Å². The molecule has 0 radical (unpaired) electrons. The van der Waals surface area contributed by atoms with Gasteiger partial charge in [0, 0.05) is 12.2 Å². The van der Waals surface area contributed by atoms with Crippen LogP contribution in [-0.4, -0.2) is 25.2 Å². The lowest BCUT2D eigenvalue weighted by Crippen LogP contribution is -2.16. The molecule has 0 aromatic carbocycles. The number of hydrogen-bond acceptors (Lipinski definition) is 4. The third-order valence-electron chi connectivity index (χ3n) is 2.53. The molecule has 0 aliphatic rings.